The summed E-state index contributed by atoms with van der Waals surface area (Å²) in [6, 6.07) is -0.241. The van der Waals surface area contributed by atoms with Crippen LogP contribution in [0.2, 0.25) is 0 Å². The average Bonchev–Trinajstić information content (AvgIpc) is 2.75. The Bertz CT molecular complexity index is 414. The molecule has 1 heterocycles. The number of ether oxygens (including phenoxy) is 1. The lowest BCUT2D eigenvalue weighted by Gasteiger charge is -2.06. The third kappa shape index (κ3) is 4.44. The van der Waals surface area contributed by atoms with E-state index >= 15 is 0 Å². The molecule has 0 bridgehead atoms. The van der Waals surface area contributed by atoms with Crippen LogP contribution in [0, 0.1) is 0 Å². The summed E-state index contributed by atoms with van der Waals surface area (Å²) in [5, 5.41) is 9.04. The Kier molecular flexibility index (Phi) is 5.16. The van der Waals surface area contributed by atoms with Crippen molar-refractivity contribution in [2.45, 2.75) is 26.8 Å². The molecule has 100 valence electrons. The first kappa shape index (κ1) is 14.0. The number of hydrogen-bond donors (Lipinski definition) is 2. The molecule has 1 rings (SSSR count). The highest BCUT2D eigenvalue weighted by Crippen LogP contribution is 2.09. The van der Waals surface area contributed by atoms with E-state index in [-0.39, 0.29) is 12.6 Å². The smallest absolute Gasteiger partial charge is 0.325 e. The van der Waals surface area contributed by atoms with Crippen molar-refractivity contribution in [2.24, 2.45) is 0 Å². The molecule has 0 saturated heterocycles. The summed E-state index contributed by atoms with van der Waals surface area (Å²) in [4.78, 5) is 22.4. The second-order valence-corrected chi connectivity index (χ2v) is 3.92. The molecule has 2 amide bonds. The molecule has 0 radical (unpaired) electrons. The van der Waals surface area contributed by atoms with Gasteiger partial charge in [0.15, 0.2) is 0 Å². The van der Waals surface area contributed by atoms with Gasteiger partial charge in [-0.3, -0.25) is 9.48 Å². The summed E-state index contributed by atoms with van der Waals surface area (Å²) in [7, 11) is 0. The maximum absolute atomic E-state index is 11.4. The van der Waals surface area contributed by atoms with Gasteiger partial charge in [0.05, 0.1) is 18.5 Å². The Balaban J connectivity index is 2.37. The lowest BCUT2D eigenvalue weighted by Crippen LogP contribution is -2.34. The topological polar surface area (TPSA) is 85.2 Å². The van der Waals surface area contributed by atoms with Crippen molar-refractivity contribution in [1.82, 2.24) is 15.1 Å². The molecule has 1 aromatic heterocycles. The summed E-state index contributed by atoms with van der Waals surface area (Å²) < 4.78 is 6.40. The molecule has 0 atom stereocenters. The van der Waals surface area contributed by atoms with Crippen LogP contribution in [0.1, 0.15) is 26.8 Å². The Labute approximate surface area is 105 Å². The van der Waals surface area contributed by atoms with Crippen LogP contribution in [-0.2, 0) is 9.53 Å². The van der Waals surface area contributed by atoms with Crippen molar-refractivity contribution in [3.63, 3.8) is 0 Å². The van der Waals surface area contributed by atoms with E-state index in [1.54, 1.807) is 24.0 Å². The Hall–Kier alpha value is -2.05. The highest BCUT2D eigenvalue weighted by atomic mass is 16.5. The first-order valence-corrected chi connectivity index (χ1v) is 5.77. The molecule has 0 aromatic carbocycles. The molecular weight excluding hydrogens is 236 g/mol. The lowest BCUT2D eigenvalue weighted by molar-refractivity contribution is -0.141. The first-order valence-electron chi connectivity index (χ1n) is 5.77. The molecule has 0 aliphatic heterocycles. The number of amides is 2. The van der Waals surface area contributed by atoms with Crippen LogP contribution in [0.15, 0.2) is 12.4 Å². The number of aromatic nitrogens is 2. The van der Waals surface area contributed by atoms with Crippen LogP contribution >= 0.6 is 0 Å². The molecule has 0 aliphatic carbocycles. The zero-order valence-electron chi connectivity index (χ0n) is 10.8. The standard InChI is InChI=1S/C11H18N4O3/c1-4-18-10(16)6-12-11(17)14-9-5-13-15(7-9)8(2)3/h5,7-8H,4,6H2,1-3H3,(H2,12,14,17). The average molecular weight is 254 g/mol. The van der Waals surface area contributed by atoms with Crippen molar-refractivity contribution >= 4 is 17.7 Å². The number of anilines is 1. The SMILES string of the molecule is CCOC(=O)CNC(=O)Nc1cnn(C(C)C)c1. The number of hydrogen-bond acceptors (Lipinski definition) is 4. The highest BCUT2D eigenvalue weighted by Gasteiger charge is 2.07. The fourth-order valence-electron chi connectivity index (χ4n) is 1.22. The zero-order chi connectivity index (χ0) is 13.5. The van der Waals surface area contributed by atoms with Gasteiger partial charge in [-0.05, 0) is 20.8 Å². The van der Waals surface area contributed by atoms with Crippen molar-refractivity contribution in [2.75, 3.05) is 18.5 Å². The van der Waals surface area contributed by atoms with E-state index in [4.69, 9.17) is 0 Å². The molecule has 1 aromatic rings. The Morgan fingerprint density at radius 2 is 2.22 bits per heavy atom. The van der Waals surface area contributed by atoms with E-state index in [2.05, 4.69) is 20.5 Å². The number of nitrogens with one attached hydrogen (secondary N) is 2. The van der Waals surface area contributed by atoms with E-state index in [9.17, 15) is 9.59 Å². The molecule has 0 fully saturated rings. The molecule has 18 heavy (non-hydrogen) atoms. The number of rotatable bonds is 5. The number of carbonyl (C=O) groups is 2. The predicted octanol–water partition coefficient (Wildman–Crippen LogP) is 1.15. The van der Waals surface area contributed by atoms with E-state index in [0.29, 0.717) is 12.3 Å². The maximum Gasteiger partial charge on any atom is 0.325 e. The van der Waals surface area contributed by atoms with Crippen LogP contribution in [0.3, 0.4) is 0 Å². The van der Waals surface area contributed by atoms with E-state index < -0.39 is 12.0 Å². The summed E-state index contributed by atoms with van der Waals surface area (Å²) >= 11 is 0. The second kappa shape index (κ2) is 6.63. The van der Waals surface area contributed by atoms with Crippen molar-refractivity contribution < 1.29 is 14.3 Å². The number of nitrogens with zero attached hydrogens (tertiary/aromatic N) is 2. The largest absolute Gasteiger partial charge is 0.465 e. The quantitative estimate of drug-likeness (QED) is 0.772. The summed E-state index contributed by atoms with van der Waals surface area (Å²) in [5.41, 5.74) is 0.574. The molecule has 2 N–H and O–H groups in total. The number of esters is 1. The van der Waals surface area contributed by atoms with Gasteiger partial charge in [0.1, 0.15) is 6.54 Å². The minimum absolute atomic E-state index is 0.155. The van der Waals surface area contributed by atoms with E-state index in [1.165, 1.54) is 0 Å². The van der Waals surface area contributed by atoms with Gasteiger partial charge in [0.25, 0.3) is 0 Å². The lowest BCUT2D eigenvalue weighted by atomic mass is 10.4. The zero-order valence-corrected chi connectivity index (χ0v) is 10.8. The fraction of sp³-hybridized carbons (Fsp3) is 0.545. The normalized spacial score (nSPS) is 10.2. The molecule has 0 aliphatic rings. The predicted molar refractivity (Wildman–Crippen MR) is 66.3 cm³/mol. The molecule has 0 spiro atoms. The van der Waals surface area contributed by atoms with Gasteiger partial charge in [0.2, 0.25) is 0 Å². The molecule has 7 heteroatoms. The van der Waals surface area contributed by atoms with Crippen LogP contribution in [0.5, 0.6) is 0 Å². The third-order valence-corrected chi connectivity index (χ3v) is 2.09. The number of carbonyl (C=O) groups excluding carboxylic acids is 2. The Morgan fingerprint density at radius 1 is 1.50 bits per heavy atom. The molecular formula is C11H18N4O3. The monoisotopic (exact) mass is 254 g/mol. The van der Waals surface area contributed by atoms with Gasteiger partial charge in [-0.2, -0.15) is 5.10 Å². The maximum atomic E-state index is 11.4. The van der Waals surface area contributed by atoms with Crippen LogP contribution in [-0.4, -0.2) is 34.9 Å². The van der Waals surface area contributed by atoms with Crippen molar-refractivity contribution in [1.29, 1.82) is 0 Å². The number of urea groups is 1. The van der Waals surface area contributed by atoms with Crippen LogP contribution < -0.4 is 10.6 Å². The van der Waals surface area contributed by atoms with Gasteiger partial charge in [0, 0.05) is 12.2 Å². The van der Waals surface area contributed by atoms with Crippen molar-refractivity contribution in [3.05, 3.63) is 12.4 Å². The summed E-state index contributed by atoms with van der Waals surface area (Å²) in [6.07, 6.45) is 3.26. The van der Waals surface area contributed by atoms with Gasteiger partial charge >= 0.3 is 12.0 Å². The molecule has 7 nitrogen and oxygen atoms in total. The van der Waals surface area contributed by atoms with Gasteiger partial charge in [-0.25, -0.2) is 4.79 Å². The van der Waals surface area contributed by atoms with Gasteiger partial charge in [-0.15, -0.1) is 0 Å². The van der Waals surface area contributed by atoms with E-state index in [1.807, 2.05) is 13.8 Å². The minimum Gasteiger partial charge on any atom is -0.465 e. The van der Waals surface area contributed by atoms with Crippen molar-refractivity contribution in [3.8, 4) is 0 Å². The second-order valence-electron chi connectivity index (χ2n) is 3.92. The third-order valence-electron chi connectivity index (χ3n) is 2.09. The fourth-order valence-corrected chi connectivity index (χ4v) is 1.22. The van der Waals surface area contributed by atoms with Crippen LogP contribution in [0.4, 0.5) is 10.5 Å². The molecule has 0 unspecified atom stereocenters. The minimum atomic E-state index is -0.467. The van der Waals surface area contributed by atoms with E-state index in [0.717, 1.165) is 0 Å². The van der Waals surface area contributed by atoms with Gasteiger partial charge in [-0.1, -0.05) is 0 Å². The van der Waals surface area contributed by atoms with Crippen LogP contribution in [0.25, 0.3) is 0 Å². The Morgan fingerprint density at radius 3 is 2.78 bits per heavy atom. The highest BCUT2D eigenvalue weighted by molar-refractivity contribution is 5.91. The summed E-state index contributed by atoms with van der Waals surface area (Å²) in [5.74, 6) is -0.467. The first-order chi connectivity index (χ1) is 8.52. The van der Waals surface area contributed by atoms with Gasteiger partial charge < -0.3 is 15.4 Å². The summed E-state index contributed by atoms with van der Waals surface area (Å²) in [6.45, 7) is 5.81. The molecule has 0 saturated carbocycles.